The SMILES string of the molecule is Cc1ccnc(Nc2cc(N3CCN(C(=O)/C=C/c4ccccc4C)CC3)nc(C)n2)c1. The Morgan fingerprint density at radius 3 is 2.50 bits per heavy atom. The van der Waals surface area contributed by atoms with Crippen LogP contribution in [0.5, 0.6) is 0 Å². The zero-order valence-electron chi connectivity index (χ0n) is 18.7. The van der Waals surface area contributed by atoms with Crippen molar-refractivity contribution in [1.29, 1.82) is 0 Å². The van der Waals surface area contributed by atoms with Gasteiger partial charge in [0.1, 0.15) is 23.3 Å². The Kier molecular flexibility index (Phi) is 6.44. The summed E-state index contributed by atoms with van der Waals surface area (Å²) < 4.78 is 0. The molecule has 0 unspecified atom stereocenters. The lowest BCUT2D eigenvalue weighted by Crippen LogP contribution is -2.48. The zero-order valence-corrected chi connectivity index (χ0v) is 18.7. The lowest BCUT2D eigenvalue weighted by atomic mass is 10.1. The molecule has 0 aliphatic carbocycles. The lowest BCUT2D eigenvalue weighted by molar-refractivity contribution is -0.126. The van der Waals surface area contributed by atoms with Crippen LogP contribution in [0.2, 0.25) is 0 Å². The molecule has 1 saturated heterocycles. The minimum atomic E-state index is 0.0413. The predicted molar refractivity (Wildman–Crippen MR) is 128 cm³/mol. The second-order valence-corrected chi connectivity index (χ2v) is 8.00. The van der Waals surface area contributed by atoms with E-state index in [2.05, 4.69) is 25.2 Å². The van der Waals surface area contributed by atoms with E-state index in [0.717, 1.165) is 41.4 Å². The van der Waals surface area contributed by atoms with Crippen molar-refractivity contribution in [3.63, 3.8) is 0 Å². The van der Waals surface area contributed by atoms with Crippen LogP contribution in [0.15, 0.2) is 54.7 Å². The van der Waals surface area contributed by atoms with Crippen LogP contribution in [0, 0.1) is 20.8 Å². The Labute approximate surface area is 188 Å². The molecule has 3 aromatic rings. The smallest absolute Gasteiger partial charge is 0.246 e. The molecule has 164 valence electrons. The average molecular weight is 429 g/mol. The molecule has 0 bridgehead atoms. The molecule has 1 aromatic carbocycles. The van der Waals surface area contributed by atoms with Gasteiger partial charge in [0.05, 0.1) is 0 Å². The summed E-state index contributed by atoms with van der Waals surface area (Å²) in [5.41, 5.74) is 3.36. The Hall–Kier alpha value is -3.74. The number of amides is 1. The summed E-state index contributed by atoms with van der Waals surface area (Å²) in [5.74, 6) is 3.06. The Balaban J connectivity index is 1.39. The van der Waals surface area contributed by atoms with Crippen LogP contribution >= 0.6 is 0 Å². The highest BCUT2D eigenvalue weighted by atomic mass is 16.2. The standard InChI is InChI=1S/C25H28N6O/c1-18-10-11-26-22(16-18)29-23-17-24(28-20(3)27-23)30-12-14-31(15-13-30)25(32)9-8-21-7-5-4-6-19(21)2/h4-11,16-17H,12-15H2,1-3H3,(H,26,27,28,29)/b9-8+. The molecule has 3 heterocycles. The third-order valence-corrected chi connectivity index (χ3v) is 5.51. The molecule has 7 heteroatoms. The third kappa shape index (κ3) is 5.29. The molecule has 1 aliphatic rings. The van der Waals surface area contributed by atoms with Crippen LogP contribution in [0.25, 0.3) is 6.08 Å². The number of aryl methyl sites for hydroxylation is 3. The average Bonchev–Trinajstić information content (AvgIpc) is 2.78. The summed E-state index contributed by atoms with van der Waals surface area (Å²) in [6.07, 6.45) is 5.34. The molecule has 32 heavy (non-hydrogen) atoms. The van der Waals surface area contributed by atoms with Gasteiger partial charge >= 0.3 is 0 Å². The van der Waals surface area contributed by atoms with E-state index in [0.29, 0.717) is 24.7 Å². The summed E-state index contributed by atoms with van der Waals surface area (Å²) in [7, 11) is 0. The number of nitrogens with one attached hydrogen (secondary N) is 1. The molecule has 0 spiro atoms. The lowest BCUT2D eigenvalue weighted by Gasteiger charge is -2.35. The molecular formula is C25H28N6O. The topological polar surface area (TPSA) is 74.2 Å². The van der Waals surface area contributed by atoms with Gasteiger partial charge in [-0.05, 0) is 55.7 Å². The molecular weight excluding hydrogens is 400 g/mol. The van der Waals surface area contributed by atoms with Gasteiger partial charge in [-0.25, -0.2) is 15.0 Å². The number of hydrogen-bond donors (Lipinski definition) is 1. The van der Waals surface area contributed by atoms with Gasteiger partial charge in [0.25, 0.3) is 0 Å². The number of nitrogens with zero attached hydrogens (tertiary/aromatic N) is 5. The molecule has 7 nitrogen and oxygen atoms in total. The van der Waals surface area contributed by atoms with Gasteiger partial charge in [-0.15, -0.1) is 0 Å². The number of anilines is 3. The van der Waals surface area contributed by atoms with Gasteiger partial charge in [0, 0.05) is 44.5 Å². The number of rotatable bonds is 5. The maximum Gasteiger partial charge on any atom is 0.246 e. The number of carbonyl (C=O) groups excluding carboxylic acids is 1. The number of aromatic nitrogens is 3. The fourth-order valence-electron chi connectivity index (χ4n) is 3.71. The molecule has 4 rings (SSSR count). The highest BCUT2D eigenvalue weighted by molar-refractivity contribution is 5.92. The second-order valence-electron chi connectivity index (χ2n) is 8.00. The third-order valence-electron chi connectivity index (χ3n) is 5.51. The fourth-order valence-corrected chi connectivity index (χ4v) is 3.71. The van der Waals surface area contributed by atoms with E-state index in [9.17, 15) is 4.79 Å². The zero-order chi connectivity index (χ0) is 22.5. The number of pyridine rings is 1. The van der Waals surface area contributed by atoms with Gasteiger partial charge in [0.2, 0.25) is 5.91 Å². The van der Waals surface area contributed by atoms with Crippen molar-refractivity contribution in [3.05, 3.63) is 77.3 Å². The highest BCUT2D eigenvalue weighted by Gasteiger charge is 2.21. The van der Waals surface area contributed by atoms with Gasteiger partial charge in [-0.2, -0.15) is 0 Å². The summed E-state index contributed by atoms with van der Waals surface area (Å²) in [6.45, 7) is 8.72. The quantitative estimate of drug-likeness (QED) is 0.621. The molecule has 2 aromatic heterocycles. The van der Waals surface area contributed by atoms with Crippen molar-refractivity contribution in [2.24, 2.45) is 0 Å². The van der Waals surface area contributed by atoms with E-state index < -0.39 is 0 Å². The monoisotopic (exact) mass is 428 g/mol. The summed E-state index contributed by atoms with van der Waals surface area (Å²) in [4.78, 5) is 30.2. The summed E-state index contributed by atoms with van der Waals surface area (Å²) in [6, 6.07) is 13.9. The van der Waals surface area contributed by atoms with Crippen LogP contribution in [0.1, 0.15) is 22.5 Å². The maximum atomic E-state index is 12.6. The van der Waals surface area contributed by atoms with Gasteiger partial charge < -0.3 is 15.1 Å². The number of piperazine rings is 1. The molecule has 0 radical (unpaired) electrons. The molecule has 1 N–H and O–H groups in total. The summed E-state index contributed by atoms with van der Waals surface area (Å²) in [5, 5.41) is 3.27. The first-order chi connectivity index (χ1) is 15.5. The number of benzene rings is 1. The first kappa shape index (κ1) is 21.5. The minimum absolute atomic E-state index is 0.0413. The van der Waals surface area contributed by atoms with Crippen LogP contribution in [-0.2, 0) is 4.79 Å². The van der Waals surface area contributed by atoms with E-state index >= 15 is 0 Å². The molecule has 0 atom stereocenters. The number of hydrogen-bond acceptors (Lipinski definition) is 6. The van der Waals surface area contributed by atoms with Crippen LogP contribution in [0.3, 0.4) is 0 Å². The van der Waals surface area contributed by atoms with Crippen molar-refractivity contribution < 1.29 is 4.79 Å². The van der Waals surface area contributed by atoms with Crippen LogP contribution < -0.4 is 10.2 Å². The van der Waals surface area contributed by atoms with Crippen molar-refractivity contribution in [1.82, 2.24) is 19.9 Å². The maximum absolute atomic E-state index is 12.6. The molecule has 1 aliphatic heterocycles. The van der Waals surface area contributed by atoms with Crippen molar-refractivity contribution in [2.75, 3.05) is 36.4 Å². The fraction of sp³-hybridized carbons (Fsp3) is 0.280. The van der Waals surface area contributed by atoms with E-state index in [-0.39, 0.29) is 5.91 Å². The first-order valence-corrected chi connectivity index (χ1v) is 10.8. The van der Waals surface area contributed by atoms with Crippen molar-refractivity contribution in [2.45, 2.75) is 20.8 Å². The Morgan fingerprint density at radius 1 is 0.969 bits per heavy atom. The molecule has 1 amide bonds. The minimum Gasteiger partial charge on any atom is -0.353 e. The van der Waals surface area contributed by atoms with E-state index in [1.54, 1.807) is 12.3 Å². The number of carbonyl (C=O) groups is 1. The van der Waals surface area contributed by atoms with Crippen molar-refractivity contribution >= 4 is 29.4 Å². The molecule has 0 saturated carbocycles. The largest absolute Gasteiger partial charge is 0.353 e. The summed E-state index contributed by atoms with van der Waals surface area (Å²) >= 11 is 0. The van der Waals surface area contributed by atoms with E-state index in [1.807, 2.05) is 74.2 Å². The van der Waals surface area contributed by atoms with Crippen LogP contribution in [0.4, 0.5) is 17.5 Å². The van der Waals surface area contributed by atoms with E-state index in [1.165, 1.54) is 0 Å². The van der Waals surface area contributed by atoms with Gasteiger partial charge in [-0.1, -0.05) is 24.3 Å². The van der Waals surface area contributed by atoms with Crippen LogP contribution in [-0.4, -0.2) is 51.9 Å². The van der Waals surface area contributed by atoms with Gasteiger partial charge in [-0.3, -0.25) is 4.79 Å². The molecule has 1 fully saturated rings. The van der Waals surface area contributed by atoms with Gasteiger partial charge in [0.15, 0.2) is 0 Å². The second kappa shape index (κ2) is 9.60. The Bertz CT molecular complexity index is 1130. The highest BCUT2D eigenvalue weighted by Crippen LogP contribution is 2.21. The normalized spacial score (nSPS) is 14.1. The first-order valence-electron chi connectivity index (χ1n) is 10.8. The Morgan fingerprint density at radius 2 is 1.75 bits per heavy atom. The van der Waals surface area contributed by atoms with Crippen molar-refractivity contribution in [3.8, 4) is 0 Å². The predicted octanol–water partition coefficient (Wildman–Crippen LogP) is 3.90. The van der Waals surface area contributed by atoms with E-state index in [4.69, 9.17) is 0 Å².